The Morgan fingerprint density at radius 3 is 2.90 bits per heavy atom. The molecule has 0 unspecified atom stereocenters. The highest BCUT2D eigenvalue weighted by atomic mass is 16.5. The molecule has 0 aliphatic heterocycles. The summed E-state index contributed by atoms with van der Waals surface area (Å²) in [5.74, 6) is 1.82. The molecule has 0 fully saturated rings. The van der Waals surface area contributed by atoms with Gasteiger partial charge in [0.1, 0.15) is 18.1 Å². The van der Waals surface area contributed by atoms with Crippen LogP contribution in [0.2, 0.25) is 0 Å². The molecule has 0 aliphatic rings. The lowest BCUT2D eigenvalue weighted by Crippen LogP contribution is -2.32. The number of nitrogens with one attached hydrogen (secondary N) is 2. The van der Waals surface area contributed by atoms with Crippen LogP contribution in [0.15, 0.2) is 34.9 Å². The van der Waals surface area contributed by atoms with Crippen LogP contribution in [0, 0.1) is 13.8 Å². The average Bonchev–Trinajstić information content (AvgIpc) is 2.80. The zero-order valence-corrected chi connectivity index (χ0v) is 11.5. The molecule has 2 rings (SSSR count). The van der Waals surface area contributed by atoms with Crippen LogP contribution in [0.3, 0.4) is 0 Å². The molecular weight excluding hydrogens is 258 g/mol. The maximum atomic E-state index is 11.5. The van der Waals surface area contributed by atoms with Gasteiger partial charge in [-0.15, -0.1) is 0 Å². The van der Waals surface area contributed by atoms with Crippen LogP contribution in [0.4, 0.5) is 10.6 Å². The van der Waals surface area contributed by atoms with Gasteiger partial charge in [-0.1, -0.05) is 17.3 Å². The molecule has 0 saturated carbocycles. The molecule has 2 amide bonds. The van der Waals surface area contributed by atoms with Gasteiger partial charge in [-0.2, -0.15) is 0 Å². The molecule has 20 heavy (non-hydrogen) atoms. The maximum absolute atomic E-state index is 11.5. The van der Waals surface area contributed by atoms with E-state index in [-0.39, 0.29) is 6.03 Å². The second kappa shape index (κ2) is 6.60. The first kappa shape index (κ1) is 13.9. The number of carbonyl (C=O) groups is 1. The molecule has 2 N–H and O–H groups in total. The van der Waals surface area contributed by atoms with Crippen molar-refractivity contribution in [2.75, 3.05) is 18.5 Å². The van der Waals surface area contributed by atoms with Gasteiger partial charge in [0.05, 0.1) is 6.54 Å². The second-order valence-electron chi connectivity index (χ2n) is 4.37. The lowest BCUT2D eigenvalue weighted by Gasteiger charge is -2.08. The number of aryl methyl sites for hydroxylation is 2. The number of anilines is 1. The summed E-state index contributed by atoms with van der Waals surface area (Å²) in [5.41, 5.74) is 1.13. The third-order valence-corrected chi connectivity index (χ3v) is 2.52. The highest BCUT2D eigenvalue weighted by molar-refractivity contribution is 5.88. The number of aromatic nitrogens is 1. The van der Waals surface area contributed by atoms with E-state index in [1.165, 1.54) is 0 Å². The summed E-state index contributed by atoms with van der Waals surface area (Å²) in [6, 6.07) is 9.05. The molecule has 6 heteroatoms. The fourth-order valence-corrected chi connectivity index (χ4v) is 1.62. The van der Waals surface area contributed by atoms with E-state index in [1.807, 2.05) is 31.2 Å². The van der Waals surface area contributed by atoms with Gasteiger partial charge >= 0.3 is 6.03 Å². The van der Waals surface area contributed by atoms with Crippen molar-refractivity contribution in [3.8, 4) is 5.75 Å². The number of hydrogen-bond acceptors (Lipinski definition) is 4. The number of rotatable bonds is 5. The number of nitrogens with zero attached hydrogens (tertiary/aromatic N) is 1. The van der Waals surface area contributed by atoms with E-state index in [9.17, 15) is 4.79 Å². The van der Waals surface area contributed by atoms with Gasteiger partial charge in [-0.05, 0) is 31.5 Å². The van der Waals surface area contributed by atoms with Gasteiger partial charge in [0.15, 0.2) is 5.82 Å². The summed E-state index contributed by atoms with van der Waals surface area (Å²) >= 11 is 0. The number of ether oxygens (including phenoxy) is 1. The number of urea groups is 1. The van der Waals surface area contributed by atoms with E-state index >= 15 is 0 Å². The Kier molecular flexibility index (Phi) is 4.60. The van der Waals surface area contributed by atoms with Crippen LogP contribution >= 0.6 is 0 Å². The number of amides is 2. The van der Waals surface area contributed by atoms with Crippen molar-refractivity contribution in [1.82, 2.24) is 10.5 Å². The van der Waals surface area contributed by atoms with Gasteiger partial charge in [0, 0.05) is 6.07 Å². The van der Waals surface area contributed by atoms with Gasteiger partial charge in [-0.25, -0.2) is 4.79 Å². The van der Waals surface area contributed by atoms with Gasteiger partial charge < -0.3 is 14.6 Å². The number of carbonyl (C=O) groups excluding carboxylic acids is 1. The molecule has 6 nitrogen and oxygen atoms in total. The molecule has 0 aliphatic carbocycles. The van der Waals surface area contributed by atoms with Crippen molar-refractivity contribution < 1.29 is 14.1 Å². The first-order valence-corrected chi connectivity index (χ1v) is 6.31. The summed E-state index contributed by atoms with van der Waals surface area (Å²) in [6.45, 7) is 4.55. The summed E-state index contributed by atoms with van der Waals surface area (Å²) in [5, 5.41) is 8.89. The predicted octanol–water partition coefficient (Wildman–Crippen LogP) is 2.49. The summed E-state index contributed by atoms with van der Waals surface area (Å²) < 4.78 is 10.4. The molecule has 0 bridgehead atoms. The zero-order valence-electron chi connectivity index (χ0n) is 11.5. The van der Waals surface area contributed by atoms with Crippen molar-refractivity contribution >= 4 is 11.8 Å². The zero-order chi connectivity index (χ0) is 14.4. The van der Waals surface area contributed by atoms with E-state index in [0.29, 0.717) is 24.7 Å². The van der Waals surface area contributed by atoms with Crippen LogP contribution in [0.1, 0.15) is 11.3 Å². The van der Waals surface area contributed by atoms with Gasteiger partial charge in [0.25, 0.3) is 0 Å². The Hall–Kier alpha value is -2.50. The lowest BCUT2D eigenvalue weighted by molar-refractivity contribution is 0.247. The van der Waals surface area contributed by atoms with Crippen LogP contribution in [0.25, 0.3) is 0 Å². The molecule has 106 valence electrons. The third kappa shape index (κ3) is 4.31. The normalized spacial score (nSPS) is 10.1. The molecule has 2 aromatic rings. The number of benzene rings is 1. The van der Waals surface area contributed by atoms with Crippen LogP contribution in [-0.2, 0) is 0 Å². The minimum Gasteiger partial charge on any atom is -0.492 e. The van der Waals surface area contributed by atoms with Gasteiger partial charge in [0.2, 0.25) is 0 Å². The second-order valence-corrected chi connectivity index (χ2v) is 4.37. The molecule has 0 spiro atoms. The molecule has 0 saturated heterocycles. The van der Waals surface area contributed by atoms with E-state index in [2.05, 4.69) is 15.8 Å². The quantitative estimate of drug-likeness (QED) is 0.822. The molecule has 1 aromatic heterocycles. The SMILES string of the molecule is Cc1cccc(OCCNC(=O)Nc2cc(C)on2)c1. The van der Waals surface area contributed by atoms with E-state index in [1.54, 1.807) is 13.0 Å². The van der Waals surface area contributed by atoms with Crippen molar-refractivity contribution in [2.45, 2.75) is 13.8 Å². The molecule has 0 atom stereocenters. The van der Waals surface area contributed by atoms with E-state index in [0.717, 1.165) is 11.3 Å². The molecule has 1 aromatic carbocycles. The molecular formula is C14H17N3O3. The van der Waals surface area contributed by atoms with Crippen molar-refractivity contribution in [1.29, 1.82) is 0 Å². The minimum atomic E-state index is -0.342. The van der Waals surface area contributed by atoms with Crippen LogP contribution in [-0.4, -0.2) is 24.3 Å². The van der Waals surface area contributed by atoms with Crippen LogP contribution < -0.4 is 15.4 Å². The Morgan fingerprint density at radius 2 is 2.20 bits per heavy atom. The van der Waals surface area contributed by atoms with E-state index in [4.69, 9.17) is 9.26 Å². The van der Waals surface area contributed by atoms with Crippen molar-refractivity contribution in [3.05, 3.63) is 41.7 Å². The summed E-state index contributed by atoms with van der Waals surface area (Å²) in [4.78, 5) is 11.5. The highest BCUT2D eigenvalue weighted by Gasteiger charge is 2.04. The first-order valence-electron chi connectivity index (χ1n) is 6.31. The summed E-state index contributed by atoms with van der Waals surface area (Å²) in [6.07, 6.45) is 0. The monoisotopic (exact) mass is 275 g/mol. The Morgan fingerprint density at radius 1 is 1.35 bits per heavy atom. The lowest BCUT2D eigenvalue weighted by atomic mass is 10.2. The first-order chi connectivity index (χ1) is 9.63. The average molecular weight is 275 g/mol. The smallest absolute Gasteiger partial charge is 0.320 e. The highest BCUT2D eigenvalue weighted by Crippen LogP contribution is 2.11. The minimum absolute atomic E-state index is 0.342. The van der Waals surface area contributed by atoms with Gasteiger partial charge in [-0.3, -0.25) is 5.32 Å². The third-order valence-electron chi connectivity index (χ3n) is 2.52. The van der Waals surface area contributed by atoms with Crippen molar-refractivity contribution in [3.63, 3.8) is 0 Å². The van der Waals surface area contributed by atoms with E-state index < -0.39 is 0 Å². The topological polar surface area (TPSA) is 76.4 Å². The van der Waals surface area contributed by atoms with Crippen molar-refractivity contribution in [2.24, 2.45) is 0 Å². The fraction of sp³-hybridized carbons (Fsp3) is 0.286. The maximum Gasteiger partial charge on any atom is 0.320 e. The largest absolute Gasteiger partial charge is 0.492 e. The fourth-order valence-electron chi connectivity index (χ4n) is 1.62. The summed E-state index contributed by atoms with van der Waals surface area (Å²) in [7, 11) is 0. The molecule has 1 heterocycles. The molecule has 0 radical (unpaired) electrons. The predicted molar refractivity (Wildman–Crippen MR) is 74.9 cm³/mol. The Balaban J connectivity index is 1.67. The standard InChI is InChI=1S/C14H17N3O3/c1-10-4-3-5-12(8-10)19-7-6-15-14(18)16-13-9-11(2)20-17-13/h3-5,8-9H,6-7H2,1-2H3,(H2,15,16,17,18). The Labute approximate surface area is 117 Å². The van der Waals surface area contributed by atoms with Crippen LogP contribution in [0.5, 0.6) is 5.75 Å². The number of hydrogen-bond donors (Lipinski definition) is 2. The Bertz CT molecular complexity index is 581.